The van der Waals surface area contributed by atoms with Crippen molar-refractivity contribution in [1.82, 2.24) is 4.98 Å². The number of carbonyl (C=O) groups is 1. The third-order valence-electron chi connectivity index (χ3n) is 3.99. The molecule has 0 N–H and O–H groups in total. The minimum atomic E-state index is -0.205. The van der Waals surface area contributed by atoms with Crippen molar-refractivity contribution < 1.29 is 9.21 Å². The van der Waals surface area contributed by atoms with Crippen LogP contribution in [0.15, 0.2) is 76.1 Å². The van der Waals surface area contributed by atoms with Gasteiger partial charge in [-0.1, -0.05) is 36.4 Å². The van der Waals surface area contributed by atoms with E-state index in [4.69, 9.17) is 4.42 Å². The highest BCUT2D eigenvalue weighted by atomic mass is 16.3. The monoisotopic (exact) mass is 315 g/mol. The molecule has 0 radical (unpaired) electrons. The Bertz CT molecular complexity index is 1130. The standard InChI is InChI=1S/C20H13NO3/c22-18(17-10-9-13-5-1-3-7-16(13)21-17)11-14-12-24-19-8-4-2-6-15(19)20(14)23/h1-10,12H,11H2. The highest BCUT2D eigenvalue weighted by molar-refractivity contribution is 5.98. The molecule has 4 heteroatoms. The van der Waals surface area contributed by atoms with Crippen LogP contribution < -0.4 is 5.43 Å². The lowest BCUT2D eigenvalue weighted by atomic mass is 10.1. The fourth-order valence-corrected chi connectivity index (χ4v) is 2.72. The molecule has 0 atom stereocenters. The summed E-state index contributed by atoms with van der Waals surface area (Å²) in [5.41, 5.74) is 1.79. The van der Waals surface area contributed by atoms with Gasteiger partial charge in [0.25, 0.3) is 0 Å². The maximum Gasteiger partial charge on any atom is 0.196 e. The first-order chi connectivity index (χ1) is 11.7. The van der Waals surface area contributed by atoms with Crippen molar-refractivity contribution in [3.8, 4) is 0 Å². The van der Waals surface area contributed by atoms with Crippen LogP contribution in [0.1, 0.15) is 16.1 Å². The Morgan fingerprint density at radius 3 is 2.67 bits per heavy atom. The molecule has 4 rings (SSSR count). The molecule has 0 fully saturated rings. The van der Waals surface area contributed by atoms with E-state index in [1.54, 1.807) is 30.3 Å². The number of nitrogens with zero attached hydrogens (tertiary/aromatic N) is 1. The number of carbonyl (C=O) groups excluding carboxylic acids is 1. The number of para-hydroxylation sites is 2. The van der Waals surface area contributed by atoms with Gasteiger partial charge in [0.1, 0.15) is 11.3 Å². The number of ketones is 1. The predicted molar refractivity (Wildman–Crippen MR) is 92.3 cm³/mol. The van der Waals surface area contributed by atoms with Crippen molar-refractivity contribution in [3.63, 3.8) is 0 Å². The first-order valence-electron chi connectivity index (χ1n) is 7.61. The van der Waals surface area contributed by atoms with Gasteiger partial charge >= 0.3 is 0 Å². The van der Waals surface area contributed by atoms with Crippen molar-refractivity contribution in [3.05, 3.63) is 88.4 Å². The molecule has 0 aliphatic carbocycles. The third kappa shape index (κ3) is 2.48. The van der Waals surface area contributed by atoms with E-state index < -0.39 is 0 Å². The summed E-state index contributed by atoms with van der Waals surface area (Å²) in [6.07, 6.45) is 1.34. The highest BCUT2D eigenvalue weighted by Crippen LogP contribution is 2.14. The molecular formula is C20H13NO3. The van der Waals surface area contributed by atoms with Gasteiger partial charge in [-0.15, -0.1) is 0 Å². The van der Waals surface area contributed by atoms with Crippen LogP contribution in [-0.4, -0.2) is 10.8 Å². The fraction of sp³-hybridized carbons (Fsp3) is 0.0500. The average Bonchev–Trinajstić information content (AvgIpc) is 2.64. The Kier molecular flexibility index (Phi) is 3.43. The number of rotatable bonds is 3. The van der Waals surface area contributed by atoms with Crippen LogP contribution >= 0.6 is 0 Å². The van der Waals surface area contributed by atoms with Crippen LogP contribution in [-0.2, 0) is 6.42 Å². The number of benzene rings is 2. The number of pyridine rings is 1. The molecule has 0 aliphatic heterocycles. The van der Waals surface area contributed by atoms with Crippen LogP contribution in [0, 0.1) is 0 Å². The van der Waals surface area contributed by atoms with E-state index in [1.807, 2.05) is 30.3 Å². The second-order valence-electron chi connectivity index (χ2n) is 5.58. The number of Topliss-reactive ketones (excluding diaryl/α,β-unsaturated/α-hetero) is 1. The zero-order chi connectivity index (χ0) is 16.5. The topological polar surface area (TPSA) is 60.2 Å². The molecular weight excluding hydrogens is 302 g/mol. The molecule has 2 heterocycles. The van der Waals surface area contributed by atoms with Gasteiger partial charge in [0.15, 0.2) is 11.2 Å². The smallest absolute Gasteiger partial charge is 0.196 e. The number of hydrogen-bond donors (Lipinski definition) is 0. The third-order valence-corrected chi connectivity index (χ3v) is 3.99. The van der Waals surface area contributed by atoms with E-state index in [-0.39, 0.29) is 17.6 Å². The minimum Gasteiger partial charge on any atom is -0.464 e. The summed E-state index contributed by atoms with van der Waals surface area (Å²) >= 11 is 0. The van der Waals surface area contributed by atoms with Crippen LogP contribution in [0.5, 0.6) is 0 Å². The lowest BCUT2D eigenvalue weighted by Gasteiger charge is -2.03. The Labute approximate surface area is 137 Å². The van der Waals surface area contributed by atoms with Gasteiger partial charge in [-0.05, 0) is 24.3 Å². The van der Waals surface area contributed by atoms with Gasteiger partial charge < -0.3 is 4.42 Å². The Morgan fingerprint density at radius 2 is 1.75 bits per heavy atom. The summed E-state index contributed by atoms with van der Waals surface area (Å²) in [5.74, 6) is -0.205. The summed E-state index contributed by atoms with van der Waals surface area (Å²) in [6.45, 7) is 0. The Hall–Kier alpha value is -3.27. The summed E-state index contributed by atoms with van der Waals surface area (Å²) in [4.78, 5) is 29.4. The normalized spacial score (nSPS) is 11.0. The molecule has 2 aromatic carbocycles. The lowest BCUT2D eigenvalue weighted by Crippen LogP contribution is -2.14. The van der Waals surface area contributed by atoms with Crippen LogP contribution in [0.3, 0.4) is 0 Å². The van der Waals surface area contributed by atoms with Crippen LogP contribution in [0.4, 0.5) is 0 Å². The van der Waals surface area contributed by atoms with E-state index in [2.05, 4.69) is 4.98 Å². The second kappa shape index (κ2) is 5.74. The number of fused-ring (bicyclic) bond motifs is 2. The number of hydrogen-bond acceptors (Lipinski definition) is 4. The molecule has 116 valence electrons. The van der Waals surface area contributed by atoms with Crippen molar-refractivity contribution in [2.75, 3.05) is 0 Å². The van der Waals surface area contributed by atoms with E-state index in [0.29, 0.717) is 22.2 Å². The second-order valence-corrected chi connectivity index (χ2v) is 5.58. The molecule has 0 aliphatic rings. The zero-order valence-electron chi connectivity index (χ0n) is 12.7. The Balaban J connectivity index is 1.70. The Morgan fingerprint density at radius 1 is 0.958 bits per heavy atom. The van der Waals surface area contributed by atoms with Gasteiger partial charge in [0, 0.05) is 17.4 Å². The molecule has 4 nitrogen and oxygen atoms in total. The van der Waals surface area contributed by atoms with Gasteiger partial charge in [-0.2, -0.15) is 0 Å². The summed E-state index contributed by atoms with van der Waals surface area (Å²) in [6, 6.07) is 18.1. The average molecular weight is 315 g/mol. The van der Waals surface area contributed by atoms with E-state index >= 15 is 0 Å². The molecule has 2 aromatic heterocycles. The van der Waals surface area contributed by atoms with Crippen molar-refractivity contribution >= 4 is 27.7 Å². The van der Waals surface area contributed by atoms with E-state index in [0.717, 1.165) is 10.9 Å². The fourth-order valence-electron chi connectivity index (χ4n) is 2.72. The molecule has 0 unspecified atom stereocenters. The van der Waals surface area contributed by atoms with Crippen molar-refractivity contribution in [2.24, 2.45) is 0 Å². The first kappa shape index (κ1) is 14.3. The quantitative estimate of drug-likeness (QED) is 0.540. The lowest BCUT2D eigenvalue weighted by molar-refractivity contribution is 0.0988. The summed E-state index contributed by atoms with van der Waals surface area (Å²) in [5, 5.41) is 1.45. The van der Waals surface area contributed by atoms with Gasteiger partial charge in [0.05, 0.1) is 17.2 Å². The molecule has 4 aromatic rings. The van der Waals surface area contributed by atoms with Crippen LogP contribution in [0.2, 0.25) is 0 Å². The minimum absolute atomic E-state index is 0.0293. The molecule has 0 saturated carbocycles. The maximum absolute atomic E-state index is 12.5. The predicted octanol–water partition coefficient (Wildman–Crippen LogP) is 3.77. The summed E-state index contributed by atoms with van der Waals surface area (Å²) in [7, 11) is 0. The van der Waals surface area contributed by atoms with Crippen molar-refractivity contribution in [2.45, 2.75) is 6.42 Å². The van der Waals surface area contributed by atoms with E-state index in [1.165, 1.54) is 6.26 Å². The highest BCUT2D eigenvalue weighted by Gasteiger charge is 2.14. The van der Waals surface area contributed by atoms with Crippen molar-refractivity contribution in [1.29, 1.82) is 0 Å². The number of aromatic nitrogens is 1. The van der Waals surface area contributed by atoms with Gasteiger partial charge in [0.2, 0.25) is 0 Å². The molecule has 24 heavy (non-hydrogen) atoms. The summed E-state index contributed by atoms with van der Waals surface area (Å²) < 4.78 is 5.46. The molecule has 0 amide bonds. The first-order valence-corrected chi connectivity index (χ1v) is 7.61. The maximum atomic E-state index is 12.5. The molecule has 0 bridgehead atoms. The largest absolute Gasteiger partial charge is 0.464 e. The SMILES string of the molecule is O=C(Cc1coc2ccccc2c1=O)c1ccc2ccccc2n1. The van der Waals surface area contributed by atoms with E-state index in [9.17, 15) is 9.59 Å². The molecule has 0 spiro atoms. The zero-order valence-corrected chi connectivity index (χ0v) is 12.7. The van der Waals surface area contributed by atoms with Gasteiger partial charge in [-0.3, -0.25) is 9.59 Å². The van der Waals surface area contributed by atoms with Crippen LogP contribution in [0.25, 0.3) is 21.9 Å². The molecule has 0 saturated heterocycles. The van der Waals surface area contributed by atoms with Gasteiger partial charge in [-0.25, -0.2) is 4.98 Å².